The summed E-state index contributed by atoms with van der Waals surface area (Å²) < 4.78 is 9.14. The van der Waals surface area contributed by atoms with Crippen LogP contribution in [0.1, 0.15) is 22.5 Å². The van der Waals surface area contributed by atoms with Gasteiger partial charge in [-0.2, -0.15) is 5.10 Å². The van der Waals surface area contributed by atoms with Gasteiger partial charge in [0.25, 0.3) is 5.91 Å². The minimum atomic E-state index is -0.0531. The van der Waals surface area contributed by atoms with Gasteiger partial charge in [-0.05, 0) is 37.1 Å². The first-order chi connectivity index (χ1) is 14.0. The molecule has 9 heteroatoms. The molecule has 3 aromatic rings. The Labute approximate surface area is 182 Å². The Morgan fingerprint density at radius 2 is 2.14 bits per heavy atom. The standard InChI is InChI=1S/C20H24BrN5O2S/c1-14-13-22-24(2)18(14)19(27)26(7-3-6-25-8-10-28-11-9-25)20-23-16-5-4-15(21)12-17(16)29-20/h4-5,12-13H,3,6-11H2,1-2H3. The number of aromatic nitrogens is 3. The minimum absolute atomic E-state index is 0.0531. The maximum atomic E-state index is 13.5. The van der Waals surface area contributed by atoms with E-state index in [2.05, 4.69) is 25.9 Å². The van der Waals surface area contributed by atoms with Crippen molar-refractivity contribution < 1.29 is 9.53 Å². The summed E-state index contributed by atoms with van der Waals surface area (Å²) in [5.74, 6) is -0.0531. The second kappa shape index (κ2) is 8.91. The van der Waals surface area contributed by atoms with Crippen LogP contribution in [-0.2, 0) is 11.8 Å². The summed E-state index contributed by atoms with van der Waals surface area (Å²) in [6.45, 7) is 6.93. The molecule has 2 aromatic heterocycles. The van der Waals surface area contributed by atoms with E-state index in [-0.39, 0.29) is 5.91 Å². The van der Waals surface area contributed by atoms with Crippen LogP contribution in [0.25, 0.3) is 10.2 Å². The number of thiazole rings is 1. The number of carbonyl (C=O) groups is 1. The first-order valence-electron chi connectivity index (χ1n) is 9.69. The molecule has 154 valence electrons. The average Bonchev–Trinajstić information content (AvgIpc) is 3.27. The van der Waals surface area contributed by atoms with Crippen LogP contribution in [0.3, 0.4) is 0 Å². The van der Waals surface area contributed by atoms with Crippen molar-refractivity contribution in [2.45, 2.75) is 13.3 Å². The zero-order valence-electron chi connectivity index (χ0n) is 16.6. The van der Waals surface area contributed by atoms with Crippen LogP contribution in [-0.4, -0.2) is 65.0 Å². The lowest BCUT2D eigenvalue weighted by atomic mass is 10.2. The Morgan fingerprint density at radius 3 is 2.86 bits per heavy atom. The summed E-state index contributed by atoms with van der Waals surface area (Å²) >= 11 is 5.06. The highest BCUT2D eigenvalue weighted by atomic mass is 79.9. The number of rotatable bonds is 6. The normalized spacial score (nSPS) is 15.1. The lowest BCUT2D eigenvalue weighted by Gasteiger charge is -2.27. The Balaban J connectivity index is 1.59. The molecule has 0 saturated carbocycles. The van der Waals surface area contributed by atoms with Crippen LogP contribution in [0.2, 0.25) is 0 Å². The van der Waals surface area contributed by atoms with Gasteiger partial charge in [0, 0.05) is 37.7 Å². The van der Waals surface area contributed by atoms with E-state index in [1.807, 2.05) is 37.1 Å². The molecule has 3 heterocycles. The van der Waals surface area contributed by atoms with Gasteiger partial charge in [-0.25, -0.2) is 4.98 Å². The summed E-state index contributed by atoms with van der Waals surface area (Å²) in [6, 6.07) is 6.00. The largest absolute Gasteiger partial charge is 0.379 e. The molecular weight excluding hydrogens is 454 g/mol. The smallest absolute Gasteiger partial charge is 0.278 e. The van der Waals surface area contributed by atoms with E-state index in [1.54, 1.807) is 22.2 Å². The molecule has 1 saturated heterocycles. The number of anilines is 1. The average molecular weight is 478 g/mol. The third kappa shape index (κ3) is 4.53. The van der Waals surface area contributed by atoms with Crippen molar-refractivity contribution in [1.29, 1.82) is 0 Å². The fourth-order valence-corrected chi connectivity index (χ4v) is 5.09. The van der Waals surface area contributed by atoms with Gasteiger partial charge in [-0.3, -0.25) is 19.3 Å². The van der Waals surface area contributed by atoms with E-state index in [0.29, 0.717) is 12.2 Å². The summed E-state index contributed by atoms with van der Waals surface area (Å²) in [5.41, 5.74) is 2.39. The second-order valence-electron chi connectivity index (χ2n) is 7.17. The molecule has 4 rings (SSSR count). The molecule has 29 heavy (non-hydrogen) atoms. The highest BCUT2D eigenvalue weighted by Gasteiger charge is 2.25. The number of benzene rings is 1. The van der Waals surface area contributed by atoms with Gasteiger partial charge in [-0.1, -0.05) is 27.3 Å². The number of amides is 1. The predicted molar refractivity (Wildman–Crippen MR) is 119 cm³/mol. The van der Waals surface area contributed by atoms with Crippen molar-refractivity contribution in [3.63, 3.8) is 0 Å². The Hall–Kier alpha value is -1.81. The highest BCUT2D eigenvalue weighted by Crippen LogP contribution is 2.32. The number of ether oxygens (including phenoxy) is 1. The number of fused-ring (bicyclic) bond motifs is 1. The molecular formula is C20H24BrN5O2S. The molecule has 0 aliphatic carbocycles. The first kappa shape index (κ1) is 20.5. The summed E-state index contributed by atoms with van der Waals surface area (Å²) in [4.78, 5) is 22.4. The van der Waals surface area contributed by atoms with Crippen LogP contribution < -0.4 is 4.90 Å². The molecule has 7 nitrogen and oxygen atoms in total. The zero-order chi connectivity index (χ0) is 20.4. The van der Waals surface area contributed by atoms with Gasteiger partial charge in [0.1, 0.15) is 5.69 Å². The molecule has 1 aliphatic rings. The lowest BCUT2D eigenvalue weighted by Crippen LogP contribution is -2.39. The lowest BCUT2D eigenvalue weighted by molar-refractivity contribution is 0.0376. The monoisotopic (exact) mass is 477 g/mol. The number of nitrogens with zero attached hydrogens (tertiary/aromatic N) is 5. The molecule has 0 radical (unpaired) electrons. The highest BCUT2D eigenvalue weighted by molar-refractivity contribution is 9.10. The number of carbonyl (C=O) groups excluding carboxylic acids is 1. The van der Waals surface area contributed by atoms with Crippen molar-refractivity contribution in [2.24, 2.45) is 7.05 Å². The summed E-state index contributed by atoms with van der Waals surface area (Å²) in [5, 5.41) is 4.97. The molecule has 0 spiro atoms. The van der Waals surface area contributed by atoms with Gasteiger partial charge in [0.15, 0.2) is 5.13 Å². The predicted octanol–water partition coefficient (Wildman–Crippen LogP) is 3.47. The maximum Gasteiger partial charge on any atom is 0.278 e. The van der Waals surface area contributed by atoms with Crippen LogP contribution in [0.4, 0.5) is 5.13 Å². The van der Waals surface area contributed by atoms with Crippen molar-refractivity contribution >= 4 is 48.5 Å². The molecule has 1 aromatic carbocycles. The van der Waals surface area contributed by atoms with Crippen LogP contribution in [0.5, 0.6) is 0 Å². The van der Waals surface area contributed by atoms with E-state index in [4.69, 9.17) is 9.72 Å². The number of hydrogen-bond donors (Lipinski definition) is 0. The van der Waals surface area contributed by atoms with Crippen molar-refractivity contribution in [3.8, 4) is 0 Å². The van der Waals surface area contributed by atoms with Gasteiger partial charge in [0.2, 0.25) is 0 Å². The SMILES string of the molecule is Cc1cnn(C)c1C(=O)N(CCCN1CCOCC1)c1nc2ccc(Br)cc2s1. The van der Waals surface area contributed by atoms with Crippen molar-refractivity contribution in [1.82, 2.24) is 19.7 Å². The molecule has 1 amide bonds. The topological polar surface area (TPSA) is 63.5 Å². The third-order valence-corrected chi connectivity index (χ3v) is 6.63. The second-order valence-corrected chi connectivity index (χ2v) is 9.10. The van der Waals surface area contributed by atoms with Crippen molar-refractivity contribution in [2.75, 3.05) is 44.3 Å². The number of morpholine rings is 1. The van der Waals surface area contributed by atoms with Gasteiger partial charge in [0.05, 0.1) is 29.6 Å². The Morgan fingerprint density at radius 1 is 1.34 bits per heavy atom. The summed E-state index contributed by atoms with van der Waals surface area (Å²) in [7, 11) is 1.81. The molecule has 1 fully saturated rings. The van der Waals surface area contributed by atoms with Crippen LogP contribution >= 0.6 is 27.3 Å². The molecule has 0 bridgehead atoms. The van der Waals surface area contributed by atoms with Gasteiger partial charge < -0.3 is 4.74 Å². The fourth-order valence-electron chi connectivity index (χ4n) is 3.55. The Bertz CT molecular complexity index is 992. The summed E-state index contributed by atoms with van der Waals surface area (Å²) in [6.07, 6.45) is 2.61. The van der Waals surface area contributed by atoms with Crippen molar-refractivity contribution in [3.05, 3.63) is 40.1 Å². The fraction of sp³-hybridized carbons (Fsp3) is 0.450. The molecule has 1 aliphatic heterocycles. The van der Waals surface area contributed by atoms with E-state index in [0.717, 1.165) is 64.7 Å². The van der Waals surface area contributed by atoms with Gasteiger partial charge in [-0.15, -0.1) is 0 Å². The molecule has 0 unspecified atom stereocenters. The molecule has 0 atom stereocenters. The number of hydrogen-bond acceptors (Lipinski definition) is 6. The number of halogens is 1. The van der Waals surface area contributed by atoms with Gasteiger partial charge >= 0.3 is 0 Å². The van der Waals surface area contributed by atoms with Crippen LogP contribution in [0.15, 0.2) is 28.9 Å². The van der Waals surface area contributed by atoms with E-state index >= 15 is 0 Å². The molecule has 0 N–H and O–H groups in total. The number of aryl methyl sites for hydroxylation is 2. The van der Waals surface area contributed by atoms with E-state index in [9.17, 15) is 4.79 Å². The van der Waals surface area contributed by atoms with E-state index in [1.165, 1.54) is 0 Å². The van der Waals surface area contributed by atoms with Crippen LogP contribution in [0, 0.1) is 6.92 Å². The van der Waals surface area contributed by atoms with E-state index < -0.39 is 0 Å². The zero-order valence-corrected chi connectivity index (χ0v) is 19.0. The third-order valence-electron chi connectivity index (χ3n) is 5.10. The Kier molecular flexibility index (Phi) is 6.29. The minimum Gasteiger partial charge on any atom is -0.379 e. The quantitative estimate of drug-likeness (QED) is 0.543. The first-order valence-corrected chi connectivity index (χ1v) is 11.3. The maximum absolute atomic E-state index is 13.5.